The number of aromatic nitrogens is 1. The fourth-order valence-electron chi connectivity index (χ4n) is 1.46. The summed E-state index contributed by atoms with van der Waals surface area (Å²) in [4.78, 5) is 0. The van der Waals surface area contributed by atoms with Gasteiger partial charge in [0, 0.05) is 23.4 Å². The minimum atomic E-state index is -3.35. The highest BCUT2D eigenvalue weighted by Crippen LogP contribution is 2.46. The number of hydrogen-bond acceptors (Lipinski definition) is 4. The highest BCUT2D eigenvalue weighted by Gasteiger charge is 2.46. The number of sulfonamides is 1. The first-order chi connectivity index (χ1) is 7.08. The van der Waals surface area contributed by atoms with Crippen LogP contribution in [0.5, 0.6) is 0 Å². The second-order valence-electron chi connectivity index (χ2n) is 3.70. The van der Waals surface area contributed by atoms with Gasteiger partial charge in [0.25, 0.3) is 0 Å². The first kappa shape index (κ1) is 10.4. The van der Waals surface area contributed by atoms with Crippen LogP contribution in [0, 0.1) is 0 Å². The van der Waals surface area contributed by atoms with Crippen molar-refractivity contribution in [1.29, 1.82) is 0 Å². The third kappa shape index (κ3) is 2.10. The second-order valence-corrected chi connectivity index (χ2v) is 5.41. The average molecular weight is 228 g/mol. The summed E-state index contributed by atoms with van der Waals surface area (Å²) in [6.07, 6.45) is 3.36. The van der Waals surface area contributed by atoms with Gasteiger partial charge < -0.3 is 4.52 Å². The molecule has 1 fully saturated rings. The van der Waals surface area contributed by atoms with Crippen molar-refractivity contribution in [1.82, 2.24) is 9.88 Å². The van der Waals surface area contributed by atoms with Crippen molar-refractivity contribution >= 4 is 10.0 Å². The molecule has 0 bridgehead atoms. The third-order valence-corrected chi connectivity index (χ3v) is 3.65. The van der Waals surface area contributed by atoms with E-state index >= 15 is 0 Å². The summed E-state index contributed by atoms with van der Waals surface area (Å²) >= 11 is 0. The molecule has 1 aliphatic rings. The van der Waals surface area contributed by atoms with Gasteiger partial charge in [0.2, 0.25) is 10.0 Å². The van der Waals surface area contributed by atoms with Crippen LogP contribution in [0.4, 0.5) is 0 Å². The van der Waals surface area contributed by atoms with Crippen LogP contribution in [0.1, 0.15) is 18.5 Å². The van der Waals surface area contributed by atoms with Crippen LogP contribution < -0.4 is 4.72 Å². The molecule has 0 aromatic carbocycles. The molecule has 1 aliphatic carbocycles. The number of rotatable bonds is 5. The lowest BCUT2D eigenvalue weighted by atomic mass is 10.0. The second kappa shape index (κ2) is 3.46. The summed E-state index contributed by atoms with van der Waals surface area (Å²) in [5.41, 5.74) is 0.651. The zero-order chi connectivity index (χ0) is 10.9. The minimum absolute atomic E-state index is 0.164. The van der Waals surface area contributed by atoms with E-state index in [2.05, 4.69) is 16.5 Å². The summed E-state index contributed by atoms with van der Waals surface area (Å²) in [5, 5.41) is 4.75. The maximum atomic E-state index is 11.2. The average Bonchev–Trinajstić information content (AvgIpc) is 2.81. The van der Waals surface area contributed by atoms with Crippen LogP contribution in [0.2, 0.25) is 0 Å². The Bertz CT molecular complexity index is 446. The first-order valence-corrected chi connectivity index (χ1v) is 6.16. The largest absolute Gasteiger partial charge is 0.364 e. The third-order valence-electron chi connectivity index (χ3n) is 2.67. The number of nitrogens with zero attached hydrogens (tertiary/aromatic N) is 1. The Balaban J connectivity index is 2.05. The van der Waals surface area contributed by atoms with E-state index in [9.17, 15) is 8.42 Å². The smallest absolute Gasteiger partial charge is 0.233 e. The van der Waals surface area contributed by atoms with E-state index in [1.54, 1.807) is 6.07 Å². The van der Waals surface area contributed by atoms with Gasteiger partial charge in [-0.15, -0.1) is 0 Å². The molecule has 5 nitrogen and oxygen atoms in total. The molecule has 1 saturated carbocycles. The van der Waals surface area contributed by atoms with E-state index in [4.69, 9.17) is 4.52 Å². The van der Waals surface area contributed by atoms with Crippen molar-refractivity contribution in [2.24, 2.45) is 0 Å². The summed E-state index contributed by atoms with van der Waals surface area (Å²) in [5.74, 6) is 0. The Morgan fingerprint density at radius 2 is 2.40 bits per heavy atom. The van der Waals surface area contributed by atoms with Crippen molar-refractivity contribution < 1.29 is 12.9 Å². The Labute approximate surface area is 88.2 Å². The van der Waals surface area contributed by atoms with Crippen molar-refractivity contribution in [3.63, 3.8) is 0 Å². The van der Waals surface area contributed by atoms with Gasteiger partial charge in [-0.3, -0.25) is 0 Å². The van der Waals surface area contributed by atoms with Gasteiger partial charge >= 0.3 is 0 Å². The Morgan fingerprint density at radius 1 is 1.67 bits per heavy atom. The normalized spacial score (nSPS) is 18.7. The molecule has 1 N–H and O–H groups in total. The summed E-state index contributed by atoms with van der Waals surface area (Å²) in [6, 6.07) is 1.77. The first-order valence-electron chi connectivity index (χ1n) is 4.61. The number of hydrogen-bond donors (Lipinski definition) is 1. The zero-order valence-corrected chi connectivity index (χ0v) is 8.96. The maximum absolute atomic E-state index is 11.2. The highest BCUT2D eigenvalue weighted by molar-refractivity contribution is 7.92. The highest BCUT2D eigenvalue weighted by atomic mass is 32.2. The molecule has 6 heteroatoms. The van der Waals surface area contributed by atoms with Gasteiger partial charge in [0.1, 0.15) is 6.26 Å². The van der Waals surface area contributed by atoms with Gasteiger partial charge in [-0.1, -0.05) is 11.7 Å². The summed E-state index contributed by atoms with van der Waals surface area (Å²) in [6.45, 7) is 3.59. The van der Waals surface area contributed by atoms with Crippen molar-refractivity contribution in [3.8, 4) is 0 Å². The maximum Gasteiger partial charge on any atom is 0.233 e. The quantitative estimate of drug-likeness (QED) is 0.808. The van der Waals surface area contributed by atoms with E-state index in [0.29, 0.717) is 6.54 Å². The van der Waals surface area contributed by atoms with E-state index in [1.807, 2.05) is 0 Å². The summed E-state index contributed by atoms with van der Waals surface area (Å²) < 4.78 is 29.6. The van der Waals surface area contributed by atoms with Crippen molar-refractivity contribution in [2.45, 2.75) is 18.3 Å². The molecular formula is C9H12N2O3S. The SMILES string of the molecule is C=CS(=O)(=O)NCC1(c2ccon2)CC1. The molecule has 0 spiro atoms. The van der Waals surface area contributed by atoms with Crippen LogP contribution in [0.15, 0.2) is 28.8 Å². The van der Waals surface area contributed by atoms with Crippen molar-refractivity contribution in [3.05, 3.63) is 30.0 Å². The molecule has 82 valence electrons. The van der Waals surface area contributed by atoms with Gasteiger partial charge in [-0.2, -0.15) is 0 Å². The molecule has 2 rings (SSSR count). The van der Waals surface area contributed by atoms with Crippen LogP contribution >= 0.6 is 0 Å². The predicted octanol–water partition coefficient (Wildman–Crippen LogP) is 0.769. The van der Waals surface area contributed by atoms with E-state index in [0.717, 1.165) is 23.9 Å². The van der Waals surface area contributed by atoms with Crippen LogP contribution in [-0.4, -0.2) is 20.1 Å². The molecule has 0 aliphatic heterocycles. The Kier molecular flexibility index (Phi) is 2.40. The standard InChI is InChI=1S/C9H12N2O3S/c1-2-15(12,13)10-7-9(4-5-9)8-3-6-14-11-8/h2-3,6,10H,1,4-5,7H2. The minimum Gasteiger partial charge on any atom is -0.364 e. The van der Waals surface area contributed by atoms with E-state index in [1.165, 1.54) is 6.26 Å². The van der Waals surface area contributed by atoms with Gasteiger partial charge in [0.15, 0.2) is 0 Å². The van der Waals surface area contributed by atoms with Crippen molar-refractivity contribution in [2.75, 3.05) is 6.54 Å². The molecule has 0 radical (unpaired) electrons. The Hall–Kier alpha value is -1.14. The fraction of sp³-hybridized carbons (Fsp3) is 0.444. The lowest BCUT2D eigenvalue weighted by molar-refractivity contribution is 0.401. The molecular weight excluding hydrogens is 216 g/mol. The molecule has 1 aromatic heterocycles. The molecule has 0 atom stereocenters. The summed E-state index contributed by atoms with van der Waals surface area (Å²) in [7, 11) is -3.35. The molecule has 0 amide bonds. The van der Waals surface area contributed by atoms with E-state index in [-0.39, 0.29) is 5.41 Å². The predicted molar refractivity (Wildman–Crippen MR) is 54.5 cm³/mol. The topological polar surface area (TPSA) is 72.2 Å². The molecule has 1 aromatic rings. The van der Waals surface area contributed by atoms with E-state index < -0.39 is 10.0 Å². The van der Waals surface area contributed by atoms with Gasteiger partial charge in [-0.25, -0.2) is 13.1 Å². The molecule has 0 unspecified atom stereocenters. The Morgan fingerprint density at radius 3 is 2.87 bits per heavy atom. The van der Waals surface area contributed by atoms with Crippen LogP contribution in [0.25, 0.3) is 0 Å². The number of nitrogens with one attached hydrogen (secondary N) is 1. The monoisotopic (exact) mass is 228 g/mol. The van der Waals surface area contributed by atoms with Crippen LogP contribution in [0.3, 0.4) is 0 Å². The molecule has 15 heavy (non-hydrogen) atoms. The molecule has 0 saturated heterocycles. The van der Waals surface area contributed by atoms with Gasteiger partial charge in [0.05, 0.1) is 5.69 Å². The lowest BCUT2D eigenvalue weighted by Gasteiger charge is -2.11. The van der Waals surface area contributed by atoms with Gasteiger partial charge in [-0.05, 0) is 12.8 Å². The van der Waals surface area contributed by atoms with Crippen LogP contribution in [-0.2, 0) is 15.4 Å². The molecule has 1 heterocycles. The lowest BCUT2D eigenvalue weighted by Crippen LogP contribution is -2.31. The zero-order valence-electron chi connectivity index (χ0n) is 8.14. The fourth-order valence-corrected chi connectivity index (χ4v) is 2.05.